The average molecular weight is 312 g/mol. The van der Waals surface area contributed by atoms with Gasteiger partial charge in [0.25, 0.3) is 5.91 Å². The minimum Gasteiger partial charge on any atom is -0.379 e. The van der Waals surface area contributed by atoms with E-state index in [1.807, 2.05) is 6.92 Å². The van der Waals surface area contributed by atoms with Crippen molar-refractivity contribution < 1.29 is 9.53 Å². The highest BCUT2D eigenvalue weighted by Gasteiger charge is 2.11. The summed E-state index contributed by atoms with van der Waals surface area (Å²) in [6, 6.07) is 3.40. The number of hydrogen-bond acceptors (Lipinski definition) is 4. The lowest BCUT2D eigenvalue weighted by Gasteiger charge is -2.26. The van der Waals surface area contributed by atoms with Crippen LogP contribution >= 0.6 is 11.6 Å². The molecule has 5 nitrogen and oxygen atoms in total. The summed E-state index contributed by atoms with van der Waals surface area (Å²) in [5, 5.41) is 3.30. The molecule has 1 fully saturated rings. The molecule has 1 aromatic heterocycles. The normalized spacial score (nSPS) is 15.9. The Hall–Kier alpha value is -1.17. The quantitative estimate of drug-likeness (QED) is 0.642. The van der Waals surface area contributed by atoms with Gasteiger partial charge in [0.15, 0.2) is 0 Å². The van der Waals surface area contributed by atoms with Crippen molar-refractivity contribution in [1.29, 1.82) is 0 Å². The van der Waals surface area contributed by atoms with Crippen LogP contribution in [0.4, 0.5) is 0 Å². The Bertz CT molecular complexity index is 476. The number of hydrogen-bond donors (Lipinski definition) is 1. The molecule has 21 heavy (non-hydrogen) atoms. The van der Waals surface area contributed by atoms with Crippen molar-refractivity contribution in [1.82, 2.24) is 15.2 Å². The predicted molar refractivity (Wildman–Crippen MR) is 82.8 cm³/mol. The highest BCUT2D eigenvalue weighted by molar-refractivity contribution is 6.29. The second-order valence-electron chi connectivity index (χ2n) is 5.09. The lowest BCUT2D eigenvalue weighted by molar-refractivity contribution is 0.0374. The smallest absolute Gasteiger partial charge is 0.251 e. The molecule has 0 aliphatic carbocycles. The Morgan fingerprint density at radius 3 is 2.90 bits per heavy atom. The van der Waals surface area contributed by atoms with Gasteiger partial charge in [-0.05, 0) is 31.5 Å². The van der Waals surface area contributed by atoms with Gasteiger partial charge in [0.1, 0.15) is 5.15 Å². The molecule has 2 heterocycles. The van der Waals surface area contributed by atoms with Gasteiger partial charge < -0.3 is 10.1 Å². The van der Waals surface area contributed by atoms with Gasteiger partial charge in [-0.3, -0.25) is 9.69 Å². The van der Waals surface area contributed by atoms with E-state index < -0.39 is 0 Å². The molecular weight excluding hydrogens is 290 g/mol. The average Bonchev–Trinajstić information content (AvgIpc) is 2.51. The molecule has 0 saturated carbocycles. The fourth-order valence-electron chi connectivity index (χ4n) is 2.29. The van der Waals surface area contributed by atoms with Crippen molar-refractivity contribution in [3.8, 4) is 0 Å². The highest BCUT2D eigenvalue weighted by atomic mass is 35.5. The Kier molecular flexibility index (Phi) is 6.42. The summed E-state index contributed by atoms with van der Waals surface area (Å²) in [5.74, 6) is -0.0871. The van der Waals surface area contributed by atoms with Crippen molar-refractivity contribution in [3.05, 3.63) is 28.5 Å². The molecular formula is C15H22ClN3O2. The molecule has 0 aromatic carbocycles. The van der Waals surface area contributed by atoms with E-state index in [9.17, 15) is 4.79 Å². The van der Waals surface area contributed by atoms with E-state index >= 15 is 0 Å². The van der Waals surface area contributed by atoms with Gasteiger partial charge >= 0.3 is 0 Å². The summed E-state index contributed by atoms with van der Waals surface area (Å²) < 4.78 is 5.31. The van der Waals surface area contributed by atoms with Gasteiger partial charge in [-0.1, -0.05) is 18.5 Å². The van der Waals surface area contributed by atoms with E-state index in [1.54, 1.807) is 12.1 Å². The number of nitrogens with one attached hydrogen (secondary N) is 1. The Labute approximate surface area is 130 Å². The Morgan fingerprint density at radius 2 is 2.19 bits per heavy atom. The zero-order valence-electron chi connectivity index (χ0n) is 12.4. The number of pyridine rings is 1. The number of aromatic nitrogens is 1. The molecule has 1 N–H and O–H groups in total. The lowest BCUT2D eigenvalue weighted by Crippen LogP contribution is -2.38. The summed E-state index contributed by atoms with van der Waals surface area (Å²) in [7, 11) is 0. The Morgan fingerprint density at radius 1 is 1.43 bits per heavy atom. The number of aryl methyl sites for hydroxylation is 1. The van der Waals surface area contributed by atoms with E-state index in [4.69, 9.17) is 16.3 Å². The van der Waals surface area contributed by atoms with E-state index in [1.165, 1.54) is 0 Å². The molecule has 1 amide bonds. The van der Waals surface area contributed by atoms with Crippen LogP contribution in [0.1, 0.15) is 29.4 Å². The molecule has 0 unspecified atom stereocenters. The maximum atomic E-state index is 12.1. The summed E-state index contributed by atoms with van der Waals surface area (Å²) in [5.41, 5.74) is 1.42. The monoisotopic (exact) mass is 311 g/mol. The van der Waals surface area contributed by atoms with Crippen LogP contribution in [-0.4, -0.2) is 55.2 Å². The zero-order chi connectivity index (χ0) is 15.1. The van der Waals surface area contributed by atoms with Crippen LogP contribution < -0.4 is 5.32 Å². The van der Waals surface area contributed by atoms with E-state index in [0.717, 1.165) is 51.4 Å². The fourth-order valence-corrected chi connectivity index (χ4v) is 2.52. The summed E-state index contributed by atoms with van der Waals surface area (Å²) in [4.78, 5) is 18.6. The van der Waals surface area contributed by atoms with Crippen molar-refractivity contribution in [3.63, 3.8) is 0 Å². The van der Waals surface area contributed by atoms with Gasteiger partial charge in [-0.15, -0.1) is 0 Å². The number of halogens is 1. The number of rotatable bonds is 6. The van der Waals surface area contributed by atoms with Gasteiger partial charge in [0.2, 0.25) is 0 Å². The van der Waals surface area contributed by atoms with E-state index in [0.29, 0.717) is 17.3 Å². The number of nitrogens with zero attached hydrogens (tertiary/aromatic N) is 2. The second-order valence-corrected chi connectivity index (χ2v) is 5.47. The summed E-state index contributed by atoms with van der Waals surface area (Å²) >= 11 is 5.93. The van der Waals surface area contributed by atoms with Gasteiger partial charge in [-0.2, -0.15) is 0 Å². The van der Waals surface area contributed by atoms with E-state index in [-0.39, 0.29) is 5.91 Å². The molecule has 1 aromatic rings. The van der Waals surface area contributed by atoms with Crippen LogP contribution in [0.3, 0.4) is 0 Å². The highest BCUT2D eigenvalue weighted by Crippen LogP contribution is 2.11. The summed E-state index contributed by atoms with van der Waals surface area (Å²) in [6.07, 6.45) is 1.70. The minimum atomic E-state index is -0.0871. The van der Waals surface area contributed by atoms with Crippen LogP contribution in [0, 0.1) is 0 Å². The molecule has 1 aliphatic rings. The third-order valence-corrected chi connectivity index (χ3v) is 3.71. The van der Waals surface area contributed by atoms with Crippen LogP contribution in [0.15, 0.2) is 12.1 Å². The molecule has 1 aliphatic heterocycles. The molecule has 0 atom stereocenters. The van der Waals surface area contributed by atoms with Gasteiger partial charge in [0, 0.05) is 30.9 Å². The SMILES string of the molecule is CCc1cc(C(=O)NCCCN2CCOCC2)cc(Cl)n1. The first-order chi connectivity index (χ1) is 10.2. The minimum absolute atomic E-state index is 0.0871. The van der Waals surface area contributed by atoms with Crippen molar-refractivity contribution >= 4 is 17.5 Å². The first-order valence-corrected chi connectivity index (χ1v) is 7.81. The maximum absolute atomic E-state index is 12.1. The van der Waals surface area contributed by atoms with E-state index in [2.05, 4.69) is 15.2 Å². The van der Waals surface area contributed by atoms with Crippen LogP contribution in [0.2, 0.25) is 5.15 Å². The number of carbonyl (C=O) groups excluding carboxylic acids is 1. The lowest BCUT2D eigenvalue weighted by atomic mass is 10.2. The second kappa shape index (κ2) is 8.32. The summed E-state index contributed by atoms with van der Waals surface area (Å²) in [6.45, 7) is 7.21. The largest absolute Gasteiger partial charge is 0.379 e. The third-order valence-electron chi connectivity index (χ3n) is 3.51. The number of amides is 1. The van der Waals surface area contributed by atoms with Gasteiger partial charge in [-0.25, -0.2) is 4.98 Å². The first-order valence-electron chi connectivity index (χ1n) is 7.44. The van der Waals surface area contributed by atoms with Gasteiger partial charge in [0.05, 0.1) is 13.2 Å². The Balaban J connectivity index is 1.75. The molecule has 0 spiro atoms. The maximum Gasteiger partial charge on any atom is 0.251 e. The molecule has 0 radical (unpaired) electrons. The van der Waals surface area contributed by atoms with Crippen LogP contribution in [-0.2, 0) is 11.2 Å². The third kappa shape index (κ3) is 5.26. The molecule has 2 rings (SSSR count). The molecule has 1 saturated heterocycles. The van der Waals surface area contributed by atoms with Crippen molar-refractivity contribution in [2.75, 3.05) is 39.4 Å². The van der Waals surface area contributed by atoms with Crippen LogP contribution in [0.25, 0.3) is 0 Å². The molecule has 116 valence electrons. The van der Waals surface area contributed by atoms with Crippen molar-refractivity contribution in [2.24, 2.45) is 0 Å². The molecule has 0 bridgehead atoms. The number of carbonyl (C=O) groups is 1. The predicted octanol–water partition coefficient (Wildman–Crippen LogP) is 1.75. The topological polar surface area (TPSA) is 54.5 Å². The van der Waals surface area contributed by atoms with Crippen molar-refractivity contribution in [2.45, 2.75) is 19.8 Å². The standard InChI is InChI=1S/C15H22ClN3O2/c1-2-13-10-12(11-14(16)18-13)15(20)17-4-3-5-19-6-8-21-9-7-19/h10-11H,2-9H2,1H3,(H,17,20). The molecule has 6 heteroatoms. The number of ether oxygens (including phenoxy) is 1. The zero-order valence-corrected chi connectivity index (χ0v) is 13.2. The fraction of sp³-hybridized carbons (Fsp3) is 0.600. The number of morpholine rings is 1. The van der Waals surface area contributed by atoms with Crippen LogP contribution in [0.5, 0.6) is 0 Å². The first kappa shape index (κ1) is 16.2.